The second-order valence-electron chi connectivity index (χ2n) is 1.12. The summed E-state index contributed by atoms with van der Waals surface area (Å²) < 4.78 is 0. The fourth-order valence-electron chi connectivity index (χ4n) is 0.355. The molecule has 0 aromatic carbocycles. The zero-order valence-electron chi connectivity index (χ0n) is 4.01. The number of nitrogens with one attached hydrogen (secondary N) is 1. The van der Waals surface area contributed by atoms with Gasteiger partial charge in [0.25, 0.3) is 0 Å². The SMILES string of the molecule is CSc1cnc[nH]1. The lowest BCUT2D eigenvalue weighted by Gasteiger charge is -1.79. The van der Waals surface area contributed by atoms with Crippen molar-refractivity contribution in [1.82, 2.24) is 9.97 Å². The van der Waals surface area contributed by atoms with Gasteiger partial charge in [0.15, 0.2) is 0 Å². The minimum Gasteiger partial charge on any atom is -0.340 e. The molecule has 0 atom stereocenters. The van der Waals surface area contributed by atoms with E-state index in [1.807, 2.05) is 6.26 Å². The zero-order chi connectivity index (χ0) is 5.11. The summed E-state index contributed by atoms with van der Waals surface area (Å²) in [7, 11) is 0. The Morgan fingerprint density at radius 1 is 1.86 bits per heavy atom. The Morgan fingerprint density at radius 2 is 2.71 bits per heavy atom. The predicted molar refractivity (Wildman–Crippen MR) is 30.4 cm³/mol. The Morgan fingerprint density at radius 3 is 3.00 bits per heavy atom. The Kier molecular flexibility index (Phi) is 1.36. The van der Waals surface area contributed by atoms with E-state index in [0.29, 0.717) is 0 Å². The molecule has 1 heterocycles. The molecule has 38 valence electrons. The summed E-state index contributed by atoms with van der Waals surface area (Å²) in [5.41, 5.74) is 0. The number of rotatable bonds is 1. The van der Waals surface area contributed by atoms with Gasteiger partial charge in [-0.25, -0.2) is 4.98 Å². The van der Waals surface area contributed by atoms with Crippen molar-refractivity contribution in [2.75, 3.05) is 6.26 Å². The first-order valence-electron chi connectivity index (χ1n) is 1.96. The third kappa shape index (κ3) is 0.962. The molecule has 1 aromatic heterocycles. The van der Waals surface area contributed by atoms with Crippen LogP contribution in [-0.2, 0) is 0 Å². The van der Waals surface area contributed by atoms with Crippen LogP contribution in [0.15, 0.2) is 17.6 Å². The number of aromatic amines is 1. The number of hydrogen-bond donors (Lipinski definition) is 1. The summed E-state index contributed by atoms with van der Waals surface area (Å²) in [4.78, 5) is 6.76. The van der Waals surface area contributed by atoms with Crippen molar-refractivity contribution in [3.63, 3.8) is 0 Å². The van der Waals surface area contributed by atoms with Crippen LogP contribution in [0.25, 0.3) is 0 Å². The van der Waals surface area contributed by atoms with Crippen LogP contribution >= 0.6 is 11.8 Å². The quantitative estimate of drug-likeness (QED) is 0.554. The van der Waals surface area contributed by atoms with Crippen molar-refractivity contribution >= 4 is 11.8 Å². The highest BCUT2D eigenvalue weighted by atomic mass is 32.2. The minimum atomic E-state index is 1.11. The molecule has 2 nitrogen and oxygen atoms in total. The highest BCUT2D eigenvalue weighted by Gasteiger charge is 1.82. The number of hydrogen-bond acceptors (Lipinski definition) is 2. The molecule has 0 amide bonds. The predicted octanol–water partition coefficient (Wildman–Crippen LogP) is 1.13. The largest absolute Gasteiger partial charge is 0.340 e. The molecule has 1 aromatic rings. The molecule has 0 saturated heterocycles. The Labute approximate surface area is 46.3 Å². The lowest BCUT2D eigenvalue weighted by Crippen LogP contribution is -1.60. The Hall–Kier alpha value is -0.440. The molecular weight excluding hydrogens is 108 g/mol. The van der Waals surface area contributed by atoms with Crippen LogP contribution in [0.1, 0.15) is 0 Å². The third-order valence-corrected chi connectivity index (χ3v) is 1.36. The highest BCUT2D eigenvalue weighted by Crippen LogP contribution is 2.06. The topological polar surface area (TPSA) is 28.7 Å². The van der Waals surface area contributed by atoms with Gasteiger partial charge in [-0.15, -0.1) is 11.8 Å². The molecule has 0 aliphatic rings. The Balaban J connectivity index is 2.76. The summed E-state index contributed by atoms with van der Waals surface area (Å²) in [6.45, 7) is 0. The van der Waals surface area contributed by atoms with E-state index in [0.717, 1.165) is 5.03 Å². The smallest absolute Gasteiger partial charge is 0.0928 e. The van der Waals surface area contributed by atoms with E-state index in [4.69, 9.17) is 0 Å². The van der Waals surface area contributed by atoms with Gasteiger partial charge in [-0.05, 0) is 6.26 Å². The van der Waals surface area contributed by atoms with Crippen LogP contribution in [-0.4, -0.2) is 16.2 Å². The zero-order valence-corrected chi connectivity index (χ0v) is 4.83. The maximum absolute atomic E-state index is 3.82. The normalized spacial score (nSPS) is 9.29. The molecule has 0 bridgehead atoms. The number of aromatic nitrogens is 2. The average Bonchev–Trinajstić information content (AvgIpc) is 2.14. The molecule has 1 rings (SSSR count). The van der Waals surface area contributed by atoms with Gasteiger partial charge in [0.2, 0.25) is 0 Å². The van der Waals surface area contributed by atoms with Crippen LogP contribution in [0.4, 0.5) is 0 Å². The van der Waals surface area contributed by atoms with Crippen molar-refractivity contribution in [2.45, 2.75) is 5.03 Å². The van der Waals surface area contributed by atoms with E-state index in [2.05, 4.69) is 9.97 Å². The molecule has 0 unspecified atom stereocenters. The van der Waals surface area contributed by atoms with Gasteiger partial charge < -0.3 is 4.98 Å². The molecule has 0 radical (unpaired) electrons. The summed E-state index contributed by atoms with van der Waals surface area (Å²) in [6, 6.07) is 0. The molecule has 0 aliphatic carbocycles. The van der Waals surface area contributed by atoms with Gasteiger partial charge in [0, 0.05) is 0 Å². The molecule has 0 saturated carbocycles. The van der Waals surface area contributed by atoms with Crippen molar-refractivity contribution in [3.8, 4) is 0 Å². The molecule has 0 spiro atoms. The van der Waals surface area contributed by atoms with Crippen molar-refractivity contribution in [3.05, 3.63) is 12.5 Å². The second kappa shape index (κ2) is 2.02. The maximum atomic E-state index is 3.82. The van der Waals surface area contributed by atoms with Gasteiger partial charge >= 0.3 is 0 Å². The first-order chi connectivity index (χ1) is 3.43. The third-order valence-electron chi connectivity index (χ3n) is 0.693. The van der Waals surface area contributed by atoms with E-state index in [1.54, 1.807) is 24.3 Å². The van der Waals surface area contributed by atoms with Gasteiger partial charge in [0.1, 0.15) is 0 Å². The van der Waals surface area contributed by atoms with E-state index < -0.39 is 0 Å². The maximum Gasteiger partial charge on any atom is 0.0928 e. The van der Waals surface area contributed by atoms with E-state index in [-0.39, 0.29) is 0 Å². The van der Waals surface area contributed by atoms with Crippen molar-refractivity contribution < 1.29 is 0 Å². The molecule has 3 heteroatoms. The number of H-pyrrole nitrogens is 1. The second-order valence-corrected chi connectivity index (χ2v) is 1.97. The fourth-order valence-corrected chi connectivity index (χ4v) is 0.692. The Bertz CT molecular complexity index is 124. The van der Waals surface area contributed by atoms with Gasteiger partial charge in [0.05, 0.1) is 17.6 Å². The molecular formula is C4H6N2S. The van der Waals surface area contributed by atoms with Crippen LogP contribution in [0, 0.1) is 0 Å². The van der Waals surface area contributed by atoms with Gasteiger partial charge in [-0.1, -0.05) is 0 Å². The molecule has 7 heavy (non-hydrogen) atoms. The number of nitrogens with zero attached hydrogens (tertiary/aromatic N) is 1. The summed E-state index contributed by atoms with van der Waals surface area (Å²) in [5.74, 6) is 0. The highest BCUT2D eigenvalue weighted by molar-refractivity contribution is 7.98. The van der Waals surface area contributed by atoms with E-state index in [1.165, 1.54) is 0 Å². The fraction of sp³-hybridized carbons (Fsp3) is 0.250. The number of imidazole rings is 1. The molecule has 1 N–H and O–H groups in total. The van der Waals surface area contributed by atoms with E-state index in [9.17, 15) is 0 Å². The summed E-state index contributed by atoms with van der Waals surface area (Å²) in [6.07, 6.45) is 5.48. The minimum absolute atomic E-state index is 1.11. The molecule has 0 aliphatic heterocycles. The average molecular weight is 114 g/mol. The van der Waals surface area contributed by atoms with Gasteiger partial charge in [-0.3, -0.25) is 0 Å². The van der Waals surface area contributed by atoms with Crippen LogP contribution in [0.3, 0.4) is 0 Å². The lowest BCUT2D eigenvalue weighted by molar-refractivity contribution is 1.20. The lowest BCUT2D eigenvalue weighted by atomic mass is 11.0. The van der Waals surface area contributed by atoms with Crippen LogP contribution < -0.4 is 0 Å². The summed E-state index contributed by atoms with van der Waals surface area (Å²) >= 11 is 1.66. The van der Waals surface area contributed by atoms with Crippen molar-refractivity contribution in [1.29, 1.82) is 0 Å². The monoisotopic (exact) mass is 114 g/mol. The molecule has 0 fully saturated rings. The standard InChI is InChI=1S/C4H6N2S/c1-7-4-2-5-3-6-4/h2-3H,1H3,(H,5,6). The first-order valence-corrected chi connectivity index (χ1v) is 3.18. The van der Waals surface area contributed by atoms with E-state index >= 15 is 0 Å². The summed E-state index contributed by atoms with van der Waals surface area (Å²) in [5, 5.41) is 1.11. The van der Waals surface area contributed by atoms with Crippen LogP contribution in [0.2, 0.25) is 0 Å². The first kappa shape index (κ1) is 4.71. The van der Waals surface area contributed by atoms with Crippen molar-refractivity contribution in [2.24, 2.45) is 0 Å². The van der Waals surface area contributed by atoms with Gasteiger partial charge in [-0.2, -0.15) is 0 Å². The van der Waals surface area contributed by atoms with Crippen LogP contribution in [0.5, 0.6) is 0 Å². The number of thioether (sulfide) groups is 1.